The summed E-state index contributed by atoms with van der Waals surface area (Å²) in [7, 11) is 4.72. The summed E-state index contributed by atoms with van der Waals surface area (Å²) in [6, 6.07) is 21.5. The van der Waals surface area contributed by atoms with Crippen molar-refractivity contribution in [2.24, 2.45) is 0 Å². The van der Waals surface area contributed by atoms with Gasteiger partial charge in [0.15, 0.2) is 0 Å². The molecule has 0 aliphatic rings. The number of aliphatic hydroxyl groups excluding tert-OH is 1. The largest absolute Gasteiger partial charge is 0.506 e. The van der Waals surface area contributed by atoms with Crippen molar-refractivity contribution in [3.05, 3.63) is 145 Å². The Hall–Kier alpha value is -7.76. The lowest BCUT2D eigenvalue weighted by Crippen LogP contribution is -1.97. The number of halogens is 1. The number of hydrogen-bond donors (Lipinski definition) is 2. The molecule has 0 spiro atoms. The van der Waals surface area contributed by atoms with Crippen LogP contribution in [0.1, 0.15) is 24.1 Å². The molecule has 0 unspecified atom stereocenters. The molecule has 0 atom stereocenters. The lowest BCUT2D eigenvalue weighted by Gasteiger charge is -2.05. The highest BCUT2D eigenvalue weighted by molar-refractivity contribution is 6.17. The van der Waals surface area contributed by atoms with Crippen LogP contribution in [0.3, 0.4) is 0 Å². The van der Waals surface area contributed by atoms with E-state index in [-0.39, 0.29) is 19.8 Å². The van der Waals surface area contributed by atoms with Gasteiger partial charge in [-0.1, -0.05) is 13.5 Å². The summed E-state index contributed by atoms with van der Waals surface area (Å²) in [6.07, 6.45) is 14.6. The first-order valence-corrected chi connectivity index (χ1v) is 18.7. The molecule has 18 heteroatoms. The van der Waals surface area contributed by atoms with E-state index in [4.69, 9.17) is 44.5 Å². The number of oxazole rings is 2. The molecule has 2 N–H and O–H groups in total. The molecule has 0 radical (unpaired) electrons. The Morgan fingerprint density at radius 2 is 1.08 bits per heavy atom. The molecule has 0 aliphatic heterocycles. The Morgan fingerprint density at radius 3 is 1.53 bits per heavy atom. The summed E-state index contributed by atoms with van der Waals surface area (Å²) in [5.74, 6) is 3.85. The molecule has 9 rings (SSSR count). The molecule has 17 nitrogen and oxygen atoms in total. The van der Waals surface area contributed by atoms with Crippen LogP contribution >= 0.6 is 11.6 Å². The van der Waals surface area contributed by atoms with E-state index < -0.39 is 0 Å². The number of pyridine rings is 7. The maximum atomic E-state index is 9.25. The third-order valence-electron chi connectivity index (χ3n) is 8.04. The highest BCUT2D eigenvalue weighted by Crippen LogP contribution is 2.26. The molecule has 9 aromatic heterocycles. The van der Waals surface area contributed by atoms with Crippen molar-refractivity contribution < 1.29 is 38.0 Å². The number of aromatic nitrogens is 9. The van der Waals surface area contributed by atoms with Gasteiger partial charge in [0, 0.05) is 85.2 Å². The summed E-state index contributed by atoms with van der Waals surface area (Å²) in [5.41, 5.74) is 6.31. The van der Waals surface area contributed by atoms with Crippen LogP contribution < -0.4 is 18.9 Å². The third kappa shape index (κ3) is 12.9. The van der Waals surface area contributed by atoms with Gasteiger partial charge < -0.3 is 38.0 Å². The molecular weight excluding hydrogens is 818 g/mol. The predicted molar refractivity (Wildman–Crippen MR) is 231 cm³/mol. The number of rotatable bonds is 10. The Bertz CT molecular complexity index is 2600. The van der Waals surface area contributed by atoms with E-state index in [9.17, 15) is 5.11 Å². The van der Waals surface area contributed by atoms with Crippen molar-refractivity contribution in [1.29, 1.82) is 0 Å². The highest BCUT2D eigenvalue weighted by Gasteiger charge is 2.11. The number of aromatic hydroxyl groups is 1. The SMILES string of the molecule is C.COc1ccc(CCl)cn1.COc1ccc(CO)cn1.COc1ccc(COc2cnc3oc(-c4cccnc4)nc3c2)cn1.Oc1cnc2oc(-c3cccnc3)nc2c1. The number of methoxy groups -OCH3 is 3. The Balaban J connectivity index is 0.000000169. The monoisotopic (exact) mass is 859 g/mol. The smallest absolute Gasteiger partial charge is 0.247 e. The van der Waals surface area contributed by atoms with Crippen LogP contribution in [0.15, 0.2) is 137 Å². The van der Waals surface area contributed by atoms with E-state index in [0.717, 1.165) is 27.8 Å². The number of fused-ring (bicyclic) bond motifs is 2. The van der Waals surface area contributed by atoms with E-state index in [1.807, 2.05) is 30.3 Å². The van der Waals surface area contributed by atoms with Crippen molar-refractivity contribution in [2.45, 2.75) is 26.5 Å². The van der Waals surface area contributed by atoms with Crippen LogP contribution in [-0.2, 0) is 19.1 Å². The number of hydrogen-bond acceptors (Lipinski definition) is 17. The van der Waals surface area contributed by atoms with Gasteiger partial charge in [0.2, 0.25) is 40.8 Å². The normalized spacial score (nSPS) is 10.1. The van der Waals surface area contributed by atoms with Crippen LogP contribution in [0.4, 0.5) is 0 Å². The van der Waals surface area contributed by atoms with E-state index in [1.54, 1.807) is 107 Å². The zero-order valence-corrected chi connectivity index (χ0v) is 33.7. The molecular formula is C44H42ClN9O8. The van der Waals surface area contributed by atoms with Crippen molar-refractivity contribution in [2.75, 3.05) is 21.3 Å². The second-order valence-electron chi connectivity index (χ2n) is 12.2. The van der Waals surface area contributed by atoms with Gasteiger partial charge in [-0.05, 0) is 47.5 Å². The summed E-state index contributed by atoms with van der Waals surface area (Å²) in [4.78, 5) is 36.9. The fourth-order valence-electron chi connectivity index (χ4n) is 4.94. The molecule has 0 bridgehead atoms. The maximum absolute atomic E-state index is 9.25. The first kappa shape index (κ1) is 45.3. The van der Waals surface area contributed by atoms with E-state index in [2.05, 4.69) is 44.9 Å². The first-order valence-electron chi connectivity index (χ1n) is 18.2. The molecule has 9 aromatic rings. The molecule has 0 saturated carbocycles. The summed E-state index contributed by atoms with van der Waals surface area (Å²) in [5, 5.41) is 17.9. The molecule has 62 heavy (non-hydrogen) atoms. The minimum atomic E-state index is 0. The van der Waals surface area contributed by atoms with Crippen molar-refractivity contribution in [1.82, 2.24) is 44.9 Å². The van der Waals surface area contributed by atoms with Gasteiger partial charge >= 0.3 is 0 Å². The van der Waals surface area contributed by atoms with Crippen molar-refractivity contribution >= 4 is 34.1 Å². The van der Waals surface area contributed by atoms with Crippen molar-refractivity contribution in [3.63, 3.8) is 0 Å². The average Bonchev–Trinajstić information content (AvgIpc) is 3.97. The molecule has 0 aromatic carbocycles. The number of aliphatic hydroxyl groups is 1. The second kappa shape index (κ2) is 23.1. The van der Waals surface area contributed by atoms with Crippen LogP contribution in [-0.4, -0.2) is 76.4 Å². The first-order chi connectivity index (χ1) is 29.9. The molecule has 0 saturated heterocycles. The fourth-order valence-corrected chi connectivity index (χ4v) is 5.10. The minimum absolute atomic E-state index is 0. The van der Waals surface area contributed by atoms with E-state index >= 15 is 0 Å². The van der Waals surface area contributed by atoms with Gasteiger partial charge in [0.1, 0.15) is 29.1 Å². The van der Waals surface area contributed by atoms with E-state index in [0.29, 0.717) is 70.1 Å². The summed E-state index contributed by atoms with van der Waals surface area (Å²) in [6.45, 7) is 0.397. The van der Waals surface area contributed by atoms with Crippen molar-refractivity contribution in [3.8, 4) is 52.0 Å². The zero-order valence-electron chi connectivity index (χ0n) is 33.0. The van der Waals surface area contributed by atoms with Crippen LogP contribution in [0.25, 0.3) is 45.4 Å². The number of nitrogens with zero attached hydrogens (tertiary/aromatic N) is 9. The Morgan fingerprint density at radius 1 is 0.581 bits per heavy atom. The summed E-state index contributed by atoms with van der Waals surface area (Å²) < 4.78 is 31.6. The molecule has 0 fully saturated rings. The Labute approximate surface area is 361 Å². The van der Waals surface area contributed by atoms with Gasteiger partial charge in [-0.25, -0.2) is 34.9 Å². The van der Waals surface area contributed by atoms with Gasteiger partial charge in [0.05, 0.1) is 51.5 Å². The van der Waals surface area contributed by atoms with Gasteiger partial charge in [-0.2, -0.15) is 0 Å². The van der Waals surface area contributed by atoms with Crippen LogP contribution in [0.2, 0.25) is 0 Å². The fraction of sp³-hybridized carbons (Fsp3) is 0.159. The van der Waals surface area contributed by atoms with Gasteiger partial charge in [-0.15, -0.1) is 11.6 Å². The minimum Gasteiger partial charge on any atom is -0.506 e. The maximum Gasteiger partial charge on any atom is 0.247 e. The predicted octanol–water partition coefficient (Wildman–Crippen LogP) is 8.31. The zero-order chi connectivity index (χ0) is 42.8. The Kier molecular flexibility index (Phi) is 16.9. The second-order valence-corrected chi connectivity index (χ2v) is 12.5. The van der Waals surface area contributed by atoms with Crippen LogP contribution in [0, 0.1) is 0 Å². The topological polar surface area (TPSA) is 220 Å². The summed E-state index contributed by atoms with van der Waals surface area (Å²) >= 11 is 5.54. The van der Waals surface area contributed by atoms with E-state index in [1.165, 1.54) is 12.3 Å². The standard InChI is InChI=1S/C18H14N4O3.C11H7N3O2.C7H8ClNO.C7H9NO2.CH4/c1-23-16-5-4-12(8-20-16)11-24-14-7-15-18(21-10-14)25-17(22-15)13-3-2-6-19-9-13;15-8-4-9-11(13-6-8)16-10(14-9)7-2-1-3-12-5-7;1-10-7-3-2-6(4-8)5-9-7;1-10-7-3-2-6(5-9)4-8-7;/h2-10H,11H2,1H3;1-6,15H;2-3,5H,4H2,1H3;2-4,9H,5H2,1H3;1H4. The number of ether oxygens (including phenoxy) is 4. The molecule has 0 aliphatic carbocycles. The lowest BCUT2D eigenvalue weighted by molar-refractivity contribution is 0.281. The molecule has 318 valence electrons. The number of alkyl halides is 1. The quantitative estimate of drug-likeness (QED) is 0.123. The van der Waals surface area contributed by atoms with Gasteiger partial charge in [-0.3, -0.25) is 9.97 Å². The molecule has 0 amide bonds. The lowest BCUT2D eigenvalue weighted by atomic mass is 10.3. The average molecular weight is 860 g/mol. The van der Waals surface area contributed by atoms with Crippen LogP contribution in [0.5, 0.6) is 29.1 Å². The molecule has 9 heterocycles. The highest BCUT2D eigenvalue weighted by atomic mass is 35.5. The third-order valence-corrected chi connectivity index (χ3v) is 8.34. The van der Waals surface area contributed by atoms with Gasteiger partial charge in [0.25, 0.3) is 0 Å².